The third kappa shape index (κ3) is 2.90. The number of fused-ring (bicyclic) bond motifs is 3. The van der Waals surface area contributed by atoms with E-state index < -0.39 is 69.6 Å². The number of amides is 1. The molecule has 10 nitrogen and oxygen atoms in total. The number of carbonyl (C=O) groups is 3. The van der Waals surface area contributed by atoms with Gasteiger partial charge in [0.15, 0.2) is 23.0 Å². The van der Waals surface area contributed by atoms with Gasteiger partial charge in [0.05, 0.1) is 11.6 Å². The van der Waals surface area contributed by atoms with Gasteiger partial charge in [0.2, 0.25) is 5.78 Å². The Morgan fingerprint density at radius 1 is 1.18 bits per heavy atom. The summed E-state index contributed by atoms with van der Waals surface area (Å²) in [5, 5.41) is 43.7. The molecule has 3 aliphatic rings. The van der Waals surface area contributed by atoms with Gasteiger partial charge in [-0.25, -0.2) is 4.39 Å². The largest absolute Gasteiger partial charge is 0.508 e. The van der Waals surface area contributed by atoms with E-state index in [2.05, 4.69) is 0 Å². The summed E-state index contributed by atoms with van der Waals surface area (Å²) in [5.41, 5.74) is 1.85. The molecule has 0 radical (unpaired) electrons. The molecule has 1 amide bonds. The van der Waals surface area contributed by atoms with Gasteiger partial charge in [0, 0.05) is 37.3 Å². The molecule has 1 saturated carbocycles. The van der Waals surface area contributed by atoms with Crippen molar-refractivity contribution in [3.8, 4) is 5.75 Å². The van der Waals surface area contributed by atoms with Gasteiger partial charge in [0.25, 0.3) is 5.91 Å². The Morgan fingerprint density at radius 3 is 2.32 bits per heavy atom. The summed E-state index contributed by atoms with van der Waals surface area (Å²) in [6, 6.07) is -0.0409. The van der Waals surface area contributed by atoms with E-state index in [1.165, 1.54) is 19.0 Å². The maximum Gasteiger partial charge on any atom is 0.255 e. The van der Waals surface area contributed by atoms with Crippen LogP contribution in [0.5, 0.6) is 5.75 Å². The summed E-state index contributed by atoms with van der Waals surface area (Å²) < 4.78 is 14.5. The zero-order valence-electron chi connectivity index (χ0n) is 19.1. The Bertz CT molecular complexity index is 1220. The van der Waals surface area contributed by atoms with E-state index in [9.17, 15) is 39.2 Å². The van der Waals surface area contributed by atoms with Crippen LogP contribution in [-0.2, 0) is 20.8 Å². The number of benzene rings is 1. The molecular weight excluding hydrogens is 449 g/mol. The molecule has 0 aromatic heterocycles. The first-order valence-electron chi connectivity index (χ1n) is 10.6. The van der Waals surface area contributed by atoms with Gasteiger partial charge < -0.3 is 31.1 Å². The number of aliphatic hydroxyl groups excluding tert-OH is 2. The second kappa shape index (κ2) is 7.54. The standard InChI is InChI=1S/C23H26FN3O7/c1-26(2)12-7-11(24)17(28)14-9(12)5-8-6-10-16(27(3)4)19(30)15(22(25)33)21(32)23(10,34)20(31)13(8)18(14)29/h7-8,10,16,28-29,32,34H,5-6H2,1-4H3,(H2,25,33)/t8-,10-,16?,23-/m1/s1. The van der Waals surface area contributed by atoms with E-state index >= 15 is 0 Å². The normalized spacial score (nSPS) is 28.6. The fraction of sp³-hybridized carbons (Fsp3) is 0.435. The third-order valence-corrected chi connectivity index (χ3v) is 7.13. The molecule has 4 atom stereocenters. The lowest BCUT2D eigenvalue weighted by atomic mass is 9.57. The first kappa shape index (κ1) is 23.7. The van der Waals surface area contributed by atoms with Gasteiger partial charge in [-0.2, -0.15) is 0 Å². The van der Waals surface area contributed by atoms with Crippen LogP contribution < -0.4 is 10.6 Å². The van der Waals surface area contributed by atoms with Crippen molar-refractivity contribution in [1.82, 2.24) is 4.90 Å². The Balaban J connectivity index is 2.01. The molecule has 0 heterocycles. The van der Waals surface area contributed by atoms with Gasteiger partial charge in [-0.05, 0) is 38.4 Å². The molecule has 0 bridgehead atoms. The number of primary amides is 1. The number of phenolic OH excluding ortho intramolecular Hbond substituents is 1. The molecule has 1 aromatic carbocycles. The molecule has 0 saturated heterocycles. The summed E-state index contributed by atoms with van der Waals surface area (Å²) >= 11 is 0. The number of nitrogens with two attached hydrogens (primary N) is 1. The van der Waals surface area contributed by atoms with Crippen LogP contribution in [0.3, 0.4) is 0 Å². The molecule has 0 aliphatic heterocycles. The highest BCUT2D eigenvalue weighted by atomic mass is 19.1. The van der Waals surface area contributed by atoms with Crippen LogP contribution in [0.15, 0.2) is 23.0 Å². The number of carbonyl (C=O) groups excluding carboxylic acids is 3. The predicted molar refractivity (Wildman–Crippen MR) is 119 cm³/mol. The molecule has 1 aromatic rings. The van der Waals surface area contributed by atoms with Gasteiger partial charge in [-0.15, -0.1) is 0 Å². The smallest absolute Gasteiger partial charge is 0.255 e. The summed E-state index contributed by atoms with van der Waals surface area (Å²) in [5.74, 6) is -8.90. The van der Waals surface area contributed by atoms with E-state index in [-0.39, 0.29) is 24.0 Å². The number of hydrogen-bond acceptors (Lipinski definition) is 9. The number of anilines is 1. The van der Waals surface area contributed by atoms with Gasteiger partial charge in [-0.1, -0.05) is 0 Å². The minimum Gasteiger partial charge on any atom is -0.508 e. The Hall–Kier alpha value is -3.44. The number of rotatable bonds is 3. The van der Waals surface area contributed by atoms with Crippen molar-refractivity contribution in [2.45, 2.75) is 24.5 Å². The minimum absolute atomic E-state index is 0.0310. The molecule has 6 N–H and O–H groups in total. The van der Waals surface area contributed by atoms with Crippen molar-refractivity contribution >= 4 is 28.9 Å². The molecule has 11 heteroatoms. The number of phenols is 1. The van der Waals surface area contributed by atoms with Crippen molar-refractivity contribution in [3.63, 3.8) is 0 Å². The van der Waals surface area contributed by atoms with Crippen LogP contribution in [0.25, 0.3) is 5.76 Å². The van der Waals surface area contributed by atoms with Gasteiger partial charge in [-0.3, -0.25) is 19.3 Å². The Morgan fingerprint density at radius 2 is 1.79 bits per heavy atom. The maximum absolute atomic E-state index is 14.5. The topological polar surface area (TPSA) is 165 Å². The highest BCUT2D eigenvalue weighted by molar-refractivity contribution is 6.24. The highest BCUT2D eigenvalue weighted by Gasteiger charge is 2.64. The number of halogens is 1. The lowest BCUT2D eigenvalue weighted by Crippen LogP contribution is -2.65. The number of Topliss-reactive ketones (excluding diaryl/α,β-unsaturated/α-hetero) is 2. The SMILES string of the molecule is CN(C)c1cc(F)c(O)c2c1C[C@@H]1C[C@@H]3C(N(C)C)C(=O)C(C(N)=O)=C(O)[C@]3(O)C(=O)C1=C2O. The second-order valence-electron chi connectivity index (χ2n) is 9.44. The molecule has 34 heavy (non-hydrogen) atoms. The van der Waals surface area contributed by atoms with E-state index in [4.69, 9.17) is 5.73 Å². The van der Waals surface area contributed by atoms with Gasteiger partial charge >= 0.3 is 0 Å². The number of aromatic hydroxyl groups is 1. The van der Waals surface area contributed by atoms with E-state index in [0.29, 0.717) is 11.3 Å². The third-order valence-electron chi connectivity index (χ3n) is 7.13. The fourth-order valence-electron chi connectivity index (χ4n) is 5.66. The van der Waals surface area contributed by atoms with E-state index in [1.54, 1.807) is 19.0 Å². The molecule has 0 spiro atoms. The number of hydrogen-bond donors (Lipinski definition) is 5. The average molecular weight is 475 g/mol. The molecule has 182 valence electrons. The zero-order valence-corrected chi connectivity index (χ0v) is 19.1. The second-order valence-corrected chi connectivity index (χ2v) is 9.44. The molecular formula is C23H26FN3O7. The van der Waals surface area contributed by atoms with Crippen molar-refractivity contribution in [2.24, 2.45) is 17.6 Å². The fourth-order valence-corrected chi connectivity index (χ4v) is 5.66. The lowest BCUT2D eigenvalue weighted by Gasteiger charge is -2.50. The molecule has 1 unspecified atom stereocenters. The van der Waals surface area contributed by atoms with Crippen molar-refractivity contribution in [1.29, 1.82) is 0 Å². The number of aliphatic hydroxyl groups is 3. The Labute approximate surface area is 194 Å². The van der Waals surface area contributed by atoms with Crippen LogP contribution in [0.2, 0.25) is 0 Å². The summed E-state index contributed by atoms with van der Waals surface area (Å²) in [7, 11) is 6.36. The first-order chi connectivity index (χ1) is 15.7. The number of likely N-dealkylation sites (N-methyl/N-ethyl adjacent to an activating group) is 1. The van der Waals surface area contributed by atoms with Crippen LogP contribution in [-0.4, -0.2) is 82.6 Å². The number of ketones is 2. The van der Waals surface area contributed by atoms with Crippen LogP contribution in [0.4, 0.5) is 10.1 Å². The van der Waals surface area contributed by atoms with Gasteiger partial charge in [0.1, 0.15) is 17.1 Å². The predicted octanol–water partition coefficient (Wildman–Crippen LogP) is 0.169. The first-order valence-corrected chi connectivity index (χ1v) is 10.6. The molecule has 1 fully saturated rings. The molecule has 4 rings (SSSR count). The van der Waals surface area contributed by atoms with Crippen molar-refractivity contribution in [2.75, 3.05) is 33.1 Å². The van der Waals surface area contributed by atoms with E-state index in [1.807, 2.05) is 0 Å². The van der Waals surface area contributed by atoms with Crippen LogP contribution >= 0.6 is 0 Å². The van der Waals surface area contributed by atoms with Crippen molar-refractivity contribution in [3.05, 3.63) is 39.9 Å². The monoisotopic (exact) mass is 475 g/mol. The number of nitrogens with zero attached hydrogens (tertiary/aromatic N) is 2. The highest BCUT2D eigenvalue weighted by Crippen LogP contribution is 2.53. The summed E-state index contributed by atoms with van der Waals surface area (Å²) in [6.45, 7) is 0. The summed E-state index contributed by atoms with van der Waals surface area (Å²) in [6.07, 6.45) is 0.0622. The summed E-state index contributed by atoms with van der Waals surface area (Å²) in [4.78, 5) is 41.7. The van der Waals surface area contributed by atoms with Crippen LogP contribution in [0, 0.1) is 17.7 Å². The van der Waals surface area contributed by atoms with E-state index in [0.717, 1.165) is 6.07 Å². The Kier molecular flexibility index (Phi) is 5.26. The lowest BCUT2D eigenvalue weighted by molar-refractivity contribution is -0.153. The van der Waals surface area contributed by atoms with Crippen LogP contribution in [0.1, 0.15) is 17.5 Å². The maximum atomic E-state index is 14.5. The quantitative estimate of drug-likeness (QED) is 0.383. The average Bonchev–Trinajstić information content (AvgIpc) is 2.72. The molecule has 3 aliphatic carbocycles. The minimum atomic E-state index is -2.72. The van der Waals surface area contributed by atoms with Crippen molar-refractivity contribution < 1.29 is 39.2 Å². The zero-order chi connectivity index (χ0) is 25.4.